The van der Waals surface area contributed by atoms with E-state index in [1.807, 2.05) is 6.08 Å². The van der Waals surface area contributed by atoms with Crippen molar-refractivity contribution in [2.45, 2.75) is 369 Å². The first kappa shape index (κ1) is 82.0. The zero-order chi connectivity index (χ0) is 65.4. The van der Waals surface area contributed by atoms with Crippen molar-refractivity contribution in [3.63, 3.8) is 0 Å². The molecule has 0 radical (unpaired) electrons. The van der Waals surface area contributed by atoms with Crippen molar-refractivity contribution < 1.29 is 89.4 Å². The molecule has 17 atom stereocenters. The van der Waals surface area contributed by atoms with Crippen LogP contribution in [0.2, 0.25) is 0 Å². The predicted molar refractivity (Wildman–Crippen MR) is 351 cm³/mol. The van der Waals surface area contributed by atoms with Crippen molar-refractivity contribution in [3.05, 3.63) is 48.6 Å². The van der Waals surface area contributed by atoms with E-state index in [4.69, 9.17) is 28.4 Å². The third kappa shape index (κ3) is 34.4. The van der Waals surface area contributed by atoms with Gasteiger partial charge in [0.05, 0.1) is 38.6 Å². The Morgan fingerprint density at radius 2 is 0.711 bits per heavy atom. The maximum atomic E-state index is 13.4. The number of allylic oxidation sites excluding steroid dienone is 7. The van der Waals surface area contributed by atoms with Crippen LogP contribution in [0.5, 0.6) is 0 Å². The van der Waals surface area contributed by atoms with E-state index in [0.717, 1.165) is 44.9 Å². The van der Waals surface area contributed by atoms with Crippen LogP contribution in [0.4, 0.5) is 0 Å². The maximum absolute atomic E-state index is 13.4. The molecule has 0 bridgehead atoms. The lowest BCUT2D eigenvalue weighted by Crippen LogP contribution is -2.66. The molecular formula is C71H129NO18. The highest BCUT2D eigenvalue weighted by Crippen LogP contribution is 2.33. The van der Waals surface area contributed by atoms with Crippen LogP contribution >= 0.6 is 0 Å². The molecular weight excluding hydrogens is 1150 g/mol. The lowest BCUT2D eigenvalue weighted by Gasteiger charge is -2.48. The molecule has 3 aliphatic heterocycles. The summed E-state index contributed by atoms with van der Waals surface area (Å²) in [6.07, 6.45) is 36.7. The van der Waals surface area contributed by atoms with Gasteiger partial charge in [0.2, 0.25) is 5.91 Å². The number of nitrogens with one attached hydrogen (secondary N) is 1. The van der Waals surface area contributed by atoms with Gasteiger partial charge in [-0.3, -0.25) is 4.79 Å². The van der Waals surface area contributed by atoms with Crippen LogP contribution < -0.4 is 5.32 Å². The molecule has 0 saturated carbocycles. The summed E-state index contributed by atoms with van der Waals surface area (Å²) >= 11 is 0. The molecule has 12 N–H and O–H groups in total. The van der Waals surface area contributed by atoms with Crippen molar-refractivity contribution in [1.82, 2.24) is 5.32 Å². The normalized spacial score (nSPS) is 28.3. The second-order valence-electron chi connectivity index (χ2n) is 25.7. The van der Waals surface area contributed by atoms with Crippen molar-refractivity contribution >= 4 is 5.91 Å². The van der Waals surface area contributed by atoms with E-state index < -0.39 is 124 Å². The summed E-state index contributed by atoms with van der Waals surface area (Å²) in [7, 11) is 0. The van der Waals surface area contributed by atoms with Crippen LogP contribution in [-0.2, 0) is 33.2 Å². The Morgan fingerprint density at radius 1 is 0.389 bits per heavy atom. The van der Waals surface area contributed by atoms with E-state index >= 15 is 0 Å². The lowest BCUT2D eigenvalue weighted by atomic mass is 9.96. The number of hydrogen-bond donors (Lipinski definition) is 12. The average molecular weight is 1280 g/mol. The SMILES string of the molecule is CCCCCCCCCC/C=C\CCCCCCCCCCCCCCCCCC(=O)NC(COC1OC(CO)C(OC2OC(CO)C(OC3OC(CO)C(O)C(O)C3O)C(O)C2O)C(O)C1O)C(O)/C=C/CC/C=C/CC/C=C/CCCCCCCCCC. The van der Waals surface area contributed by atoms with Crippen LogP contribution in [0.25, 0.3) is 0 Å². The second-order valence-corrected chi connectivity index (χ2v) is 25.7. The first-order valence-corrected chi connectivity index (χ1v) is 35.9. The third-order valence-electron chi connectivity index (χ3n) is 17.8. The molecule has 0 aliphatic carbocycles. The van der Waals surface area contributed by atoms with Crippen LogP contribution in [-0.4, -0.2) is 193 Å². The first-order chi connectivity index (χ1) is 43.8. The van der Waals surface area contributed by atoms with Gasteiger partial charge in [-0.05, 0) is 70.6 Å². The molecule has 90 heavy (non-hydrogen) atoms. The Hall–Kier alpha value is -2.25. The van der Waals surface area contributed by atoms with Crippen LogP contribution in [0.3, 0.4) is 0 Å². The number of rotatable bonds is 55. The minimum atomic E-state index is -1.98. The highest BCUT2D eigenvalue weighted by Gasteiger charge is 2.53. The van der Waals surface area contributed by atoms with Crippen LogP contribution in [0.1, 0.15) is 264 Å². The zero-order valence-electron chi connectivity index (χ0n) is 55.6. The highest BCUT2D eigenvalue weighted by molar-refractivity contribution is 5.76. The molecule has 0 aromatic rings. The number of amides is 1. The Balaban J connectivity index is 1.42. The number of hydrogen-bond acceptors (Lipinski definition) is 18. The number of ether oxygens (including phenoxy) is 6. The Bertz CT molecular complexity index is 1820. The summed E-state index contributed by atoms with van der Waals surface area (Å²) in [4.78, 5) is 13.4. The fraction of sp³-hybridized carbons (Fsp3) is 0.873. The number of aliphatic hydroxyl groups is 11. The molecule has 3 heterocycles. The summed E-state index contributed by atoms with van der Waals surface area (Å²) in [6.45, 7) is 1.72. The molecule has 19 nitrogen and oxygen atoms in total. The number of carbonyl (C=O) groups excluding carboxylic acids is 1. The van der Waals surface area contributed by atoms with E-state index in [0.29, 0.717) is 12.8 Å². The zero-order valence-corrected chi connectivity index (χ0v) is 55.6. The Morgan fingerprint density at radius 3 is 1.11 bits per heavy atom. The van der Waals surface area contributed by atoms with Gasteiger partial charge < -0.3 is 89.9 Å². The van der Waals surface area contributed by atoms with Crippen molar-refractivity contribution in [3.8, 4) is 0 Å². The monoisotopic (exact) mass is 1280 g/mol. The van der Waals surface area contributed by atoms with Gasteiger partial charge in [-0.25, -0.2) is 0 Å². The quantitative estimate of drug-likeness (QED) is 0.0199. The van der Waals surface area contributed by atoms with Crippen molar-refractivity contribution in [1.29, 1.82) is 0 Å². The number of unbranched alkanes of at least 4 members (excludes halogenated alkanes) is 33. The van der Waals surface area contributed by atoms with Gasteiger partial charge >= 0.3 is 0 Å². The standard InChI is InChI=1S/C71H129NO18/c1-3-5-7-9-11-13-15-17-19-21-23-24-25-26-27-28-29-30-31-33-35-37-39-41-43-45-47-49-59(77)72-54(55(76)48-46-44-42-40-38-36-34-32-22-20-18-16-14-12-10-8-6-4-2)53-85-69-65(83)62(80)67(57(51-74)87-69)90-71-66(84)63(81)68(58(52-75)88-71)89-70-64(82)61(79)60(78)56(50-73)86-70/h21-23,32,38,40,46,48,54-58,60-71,73-76,78-84H,3-20,24-31,33-37,39,41-45,47,49-53H2,1-2H3,(H,72,77)/b23-21-,32-22+,40-38+,48-46+. The molecule has 3 aliphatic rings. The third-order valence-corrected chi connectivity index (χ3v) is 17.8. The van der Waals surface area contributed by atoms with E-state index in [1.54, 1.807) is 6.08 Å². The van der Waals surface area contributed by atoms with Gasteiger partial charge in [0.1, 0.15) is 73.2 Å². The van der Waals surface area contributed by atoms with E-state index in [1.165, 1.54) is 186 Å². The topological polar surface area (TPSA) is 307 Å². The predicted octanol–water partition coefficient (Wildman–Crippen LogP) is 9.78. The summed E-state index contributed by atoms with van der Waals surface area (Å²) in [5.74, 6) is -0.287. The van der Waals surface area contributed by atoms with E-state index in [9.17, 15) is 61.0 Å². The van der Waals surface area contributed by atoms with Crippen LogP contribution in [0, 0.1) is 0 Å². The molecule has 0 aromatic carbocycles. The molecule has 526 valence electrons. The highest BCUT2D eigenvalue weighted by atomic mass is 16.8. The fourth-order valence-electron chi connectivity index (χ4n) is 12.0. The molecule has 17 unspecified atom stereocenters. The lowest BCUT2D eigenvalue weighted by molar-refractivity contribution is -0.379. The minimum Gasteiger partial charge on any atom is -0.394 e. The molecule has 3 rings (SSSR count). The molecule has 0 spiro atoms. The largest absolute Gasteiger partial charge is 0.394 e. The summed E-state index contributed by atoms with van der Waals surface area (Å²) in [5.41, 5.74) is 0. The first-order valence-electron chi connectivity index (χ1n) is 35.9. The Kier molecular flexibility index (Phi) is 48.2. The summed E-state index contributed by atoms with van der Waals surface area (Å²) < 4.78 is 34.3. The summed E-state index contributed by atoms with van der Waals surface area (Å²) in [5, 5.41) is 121. The molecule has 19 heteroatoms. The molecule has 3 fully saturated rings. The van der Waals surface area contributed by atoms with Crippen LogP contribution in [0.15, 0.2) is 48.6 Å². The molecule has 3 saturated heterocycles. The minimum absolute atomic E-state index is 0.233. The fourth-order valence-corrected chi connectivity index (χ4v) is 12.0. The second kappa shape index (κ2) is 53.0. The summed E-state index contributed by atoms with van der Waals surface area (Å²) in [6, 6.07) is -0.996. The van der Waals surface area contributed by atoms with E-state index in [-0.39, 0.29) is 18.9 Å². The van der Waals surface area contributed by atoms with Gasteiger partial charge in [-0.15, -0.1) is 0 Å². The number of carbonyl (C=O) groups is 1. The molecule has 1 amide bonds. The maximum Gasteiger partial charge on any atom is 0.220 e. The van der Waals surface area contributed by atoms with Gasteiger partial charge in [-0.2, -0.15) is 0 Å². The van der Waals surface area contributed by atoms with Crippen molar-refractivity contribution in [2.75, 3.05) is 26.4 Å². The van der Waals surface area contributed by atoms with Crippen molar-refractivity contribution in [2.24, 2.45) is 0 Å². The van der Waals surface area contributed by atoms with Gasteiger partial charge in [0, 0.05) is 6.42 Å². The Labute approximate surface area is 542 Å². The average Bonchev–Trinajstić information content (AvgIpc) is 0.866. The van der Waals surface area contributed by atoms with Gasteiger partial charge in [-0.1, -0.05) is 236 Å². The van der Waals surface area contributed by atoms with Gasteiger partial charge in [0.25, 0.3) is 0 Å². The number of aliphatic hydroxyl groups excluding tert-OH is 11. The molecule has 0 aromatic heterocycles. The smallest absolute Gasteiger partial charge is 0.220 e. The van der Waals surface area contributed by atoms with E-state index in [2.05, 4.69) is 55.6 Å². The van der Waals surface area contributed by atoms with Gasteiger partial charge in [0.15, 0.2) is 18.9 Å².